The number of nitrogens with one attached hydrogen (secondary N) is 2. The van der Waals surface area contributed by atoms with E-state index in [4.69, 9.17) is 4.74 Å². The van der Waals surface area contributed by atoms with Crippen LogP contribution in [-0.2, 0) is 18.5 Å². The molecular formula is C19H27F2IN4O2S. The molecule has 0 spiro atoms. The van der Waals surface area contributed by atoms with Crippen LogP contribution in [0.5, 0.6) is 11.5 Å². The second-order valence-electron chi connectivity index (χ2n) is 7.03. The largest absolute Gasteiger partial charge is 0.497 e. The molecule has 1 heterocycles. The number of methoxy groups -OCH3 is 1. The fourth-order valence-electron chi connectivity index (χ4n) is 2.34. The van der Waals surface area contributed by atoms with E-state index in [2.05, 4.69) is 46.1 Å². The van der Waals surface area contributed by atoms with Gasteiger partial charge < -0.3 is 20.1 Å². The molecule has 6 nitrogen and oxygen atoms in total. The molecule has 1 aromatic heterocycles. The third-order valence-electron chi connectivity index (χ3n) is 3.78. The molecule has 0 bridgehead atoms. The van der Waals surface area contributed by atoms with Gasteiger partial charge in [0.25, 0.3) is 0 Å². The minimum absolute atomic E-state index is 0. The Bertz CT molecular complexity index is 810. The van der Waals surface area contributed by atoms with Crippen molar-refractivity contribution in [3.63, 3.8) is 0 Å². The number of nitrogens with zero attached hydrogens (tertiary/aromatic N) is 2. The predicted octanol–water partition coefficient (Wildman–Crippen LogP) is 4.53. The number of thiazole rings is 1. The van der Waals surface area contributed by atoms with Gasteiger partial charge in [-0.05, 0) is 18.2 Å². The monoisotopic (exact) mass is 540 g/mol. The van der Waals surface area contributed by atoms with Gasteiger partial charge in [-0.2, -0.15) is 8.78 Å². The van der Waals surface area contributed by atoms with Crippen molar-refractivity contribution >= 4 is 41.3 Å². The van der Waals surface area contributed by atoms with Gasteiger partial charge in [-0.3, -0.25) is 4.99 Å². The van der Waals surface area contributed by atoms with Crippen molar-refractivity contribution in [1.29, 1.82) is 0 Å². The minimum atomic E-state index is -2.90. The number of hydrogen-bond acceptors (Lipinski definition) is 5. The van der Waals surface area contributed by atoms with Crippen LogP contribution in [0.25, 0.3) is 0 Å². The molecule has 0 saturated carbocycles. The highest BCUT2D eigenvalue weighted by molar-refractivity contribution is 14.0. The first-order valence-corrected chi connectivity index (χ1v) is 9.62. The summed E-state index contributed by atoms with van der Waals surface area (Å²) in [5.41, 5.74) is 1.46. The highest BCUT2D eigenvalue weighted by atomic mass is 127. The molecule has 0 fully saturated rings. The number of alkyl halides is 2. The number of aliphatic imine (C=N–C) groups is 1. The molecule has 0 radical (unpaired) electrons. The Labute approximate surface area is 191 Å². The number of rotatable bonds is 7. The van der Waals surface area contributed by atoms with Gasteiger partial charge in [0.2, 0.25) is 0 Å². The van der Waals surface area contributed by atoms with Gasteiger partial charge in [0.05, 0.1) is 24.4 Å². The lowest BCUT2D eigenvalue weighted by Crippen LogP contribution is -2.36. The van der Waals surface area contributed by atoms with Crippen molar-refractivity contribution in [2.24, 2.45) is 4.99 Å². The zero-order valence-corrected chi connectivity index (χ0v) is 20.2. The zero-order valence-electron chi connectivity index (χ0n) is 17.1. The average molecular weight is 540 g/mol. The summed E-state index contributed by atoms with van der Waals surface area (Å²) >= 11 is 1.62. The van der Waals surface area contributed by atoms with Crippen LogP contribution in [0, 0.1) is 0 Å². The quantitative estimate of drug-likeness (QED) is 0.307. The van der Waals surface area contributed by atoms with Crippen molar-refractivity contribution < 1.29 is 18.3 Å². The molecule has 162 valence electrons. The van der Waals surface area contributed by atoms with Crippen LogP contribution < -0.4 is 20.1 Å². The summed E-state index contributed by atoms with van der Waals surface area (Å²) < 4.78 is 35.0. The smallest absolute Gasteiger partial charge is 0.387 e. The normalized spacial score (nSPS) is 11.8. The Morgan fingerprint density at radius 2 is 1.93 bits per heavy atom. The fourth-order valence-corrected chi connectivity index (χ4v) is 3.25. The van der Waals surface area contributed by atoms with Crippen molar-refractivity contribution in [3.8, 4) is 11.5 Å². The van der Waals surface area contributed by atoms with Gasteiger partial charge in [0, 0.05) is 30.0 Å². The highest BCUT2D eigenvalue weighted by Gasteiger charge is 2.18. The summed E-state index contributed by atoms with van der Waals surface area (Å²) in [5, 5.41) is 9.34. The molecule has 0 aliphatic rings. The van der Waals surface area contributed by atoms with Crippen LogP contribution in [0.3, 0.4) is 0 Å². The van der Waals surface area contributed by atoms with E-state index in [0.717, 1.165) is 10.7 Å². The second kappa shape index (κ2) is 11.5. The van der Waals surface area contributed by atoms with E-state index in [1.54, 1.807) is 30.5 Å². The number of halogens is 3. The maximum atomic E-state index is 12.6. The third-order valence-corrected chi connectivity index (χ3v) is 5.10. The first-order chi connectivity index (χ1) is 13.2. The van der Waals surface area contributed by atoms with Gasteiger partial charge in [-0.25, -0.2) is 4.98 Å². The number of benzene rings is 1. The summed E-state index contributed by atoms with van der Waals surface area (Å²) in [4.78, 5) is 8.79. The number of guanidine groups is 1. The molecule has 1 aromatic carbocycles. The van der Waals surface area contributed by atoms with Crippen LogP contribution >= 0.6 is 35.3 Å². The molecule has 29 heavy (non-hydrogen) atoms. The Morgan fingerprint density at radius 3 is 2.48 bits per heavy atom. The highest BCUT2D eigenvalue weighted by Crippen LogP contribution is 2.26. The molecule has 0 amide bonds. The van der Waals surface area contributed by atoms with E-state index in [0.29, 0.717) is 23.8 Å². The van der Waals surface area contributed by atoms with Gasteiger partial charge >= 0.3 is 6.61 Å². The molecule has 0 aliphatic heterocycles. The van der Waals surface area contributed by atoms with Gasteiger partial charge in [-0.1, -0.05) is 20.8 Å². The van der Waals surface area contributed by atoms with Crippen LogP contribution in [0.2, 0.25) is 0 Å². The van der Waals surface area contributed by atoms with Gasteiger partial charge in [0.15, 0.2) is 5.96 Å². The van der Waals surface area contributed by atoms with Gasteiger partial charge in [0.1, 0.15) is 11.5 Å². The molecule has 0 atom stereocenters. The third kappa shape index (κ3) is 7.92. The molecule has 2 aromatic rings. The summed E-state index contributed by atoms with van der Waals surface area (Å²) in [6.45, 7) is 4.21. The maximum absolute atomic E-state index is 12.6. The predicted molar refractivity (Wildman–Crippen MR) is 123 cm³/mol. The van der Waals surface area contributed by atoms with Crippen LogP contribution in [0.4, 0.5) is 8.78 Å². The van der Waals surface area contributed by atoms with E-state index in [1.165, 1.54) is 13.2 Å². The van der Waals surface area contributed by atoms with Crippen molar-refractivity contribution in [2.75, 3.05) is 14.2 Å². The lowest BCUT2D eigenvalue weighted by molar-refractivity contribution is -0.0504. The van der Waals surface area contributed by atoms with Crippen molar-refractivity contribution in [3.05, 3.63) is 39.8 Å². The summed E-state index contributed by atoms with van der Waals surface area (Å²) in [7, 11) is 3.15. The molecular weight excluding hydrogens is 513 g/mol. The van der Waals surface area contributed by atoms with E-state index in [9.17, 15) is 8.78 Å². The van der Waals surface area contributed by atoms with Crippen LogP contribution in [-0.4, -0.2) is 31.7 Å². The first kappa shape index (κ1) is 25.3. The molecule has 10 heteroatoms. The van der Waals surface area contributed by atoms with Crippen molar-refractivity contribution in [2.45, 2.75) is 45.9 Å². The second-order valence-corrected chi connectivity index (χ2v) is 7.88. The first-order valence-electron chi connectivity index (χ1n) is 8.74. The van der Waals surface area contributed by atoms with E-state index in [1.807, 2.05) is 5.38 Å². The number of ether oxygens (including phenoxy) is 2. The van der Waals surface area contributed by atoms with E-state index in [-0.39, 0.29) is 41.7 Å². The number of hydrogen-bond donors (Lipinski definition) is 2. The Hall–Kier alpha value is -1.69. The van der Waals surface area contributed by atoms with Crippen LogP contribution in [0.1, 0.15) is 37.0 Å². The summed E-state index contributed by atoms with van der Waals surface area (Å²) in [5.74, 6) is 1.17. The fraction of sp³-hybridized carbons (Fsp3) is 0.474. The standard InChI is InChI=1S/C19H26F2N4O2S.HI/c1-19(2,3)16-25-13(11-28-16)10-24-18(22-4)23-9-12-8-14(26-5)6-7-15(12)27-17(20)21;/h6-8,11,17H,9-10H2,1-5H3,(H2,22,23,24);1H. The SMILES string of the molecule is CN=C(NCc1csc(C(C)(C)C)n1)NCc1cc(OC)ccc1OC(F)F.I. The minimum Gasteiger partial charge on any atom is -0.497 e. The Morgan fingerprint density at radius 1 is 1.24 bits per heavy atom. The lowest BCUT2D eigenvalue weighted by atomic mass is 9.98. The van der Waals surface area contributed by atoms with E-state index >= 15 is 0 Å². The van der Waals surface area contributed by atoms with Crippen LogP contribution in [0.15, 0.2) is 28.6 Å². The molecule has 2 N–H and O–H groups in total. The van der Waals surface area contributed by atoms with E-state index < -0.39 is 6.61 Å². The molecule has 2 rings (SSSR count). The molecule has 0 aliphatic carbocycles. The summed E-state index contributed by atoms with van der Waals surface area (Å²) in [6, 6.07) is 4.68. The molecule has 0 saturated heterocycles. The molecule has 0 unspecified atom stereocenters. The zero-order chi connectivity index (χ0) is 20.7. The van der Waals surface area contributed by atoms with Gasteiger partial charge in [-0.15, -0.1) is 35.3 Å². The number of aromatic nitrogens is 1. The topological polar surface area (TPSA) is 67.8 Å². The average Bonchev–Trinajstić information content (AvgIpc) is 3.12. The Balaban J connectivity index is 0.00000420. The maximum Gasteiger partial charge on any atom is 0.387 e. The summed E-state index contributed by atoms with van der Waals surface area (Å²) in [6.07, 6.45) is 0. The van der Waals surface area contributed by atoms with Crippen molar-refractivity contribution in [1.82, 2.24) is 15.6 Å². The lowest BCUT2D eigenvalue weighted by Gasteiger charge is -2.15. The Kier molecular flexibility index (Phi) is 10.0.